The van der Waals surface area contributed by atoms with E-state index < -0.39 is 0 Å². The second kappa shape index (κ2) is 4.04. The van der Waals surface area contributed by atoms with Crippen molar-refractivity contribution in [3.8, 4) is 5.75 Å². The number of hydrogen-bond donors (Lipinski definition) is 2. The maximum atomic E-state index is 11.5. The molecule has 0 atom stereocenters. The number of carbonyl (C=O) groups excluding carboxylic acids is 1. The zero-order chi connectivity index (χ0) is 10.7. The molecule has 5 nitrogen and oxygen atoms in total. The van der Waals surface area contributed by atoms with E-state index in [0.29, 0.717) is 5.69 Å². The highest BCUT2D eigenvalue weighted by molar-refractivity contribution is 5.95. The summed E-state index contributed by atoms with van der Waals surface area (Å²) in [7, 11) is 0. The summed E-state index contributed by atoms with van der Waals surface area (Å²) < 4.78 is 0. The molecule has 0 aliphatic rings. The molecule has 14 heavy (non-hydrogen) atoms. The Kier molecular flexibility index (Phi) is 3.01. The summed E-state index contributed by atoms with van der Waals surface area (Å²) in [6.45, 7) is 5.29. The Morgan fingerprint density at radius 2 is 2.14 bits per heavy atom. The van der Waals surface area contributed by atoms with Crippen LogP contribution >= 0.6 is 0 Å². The van der Waals surface area contributed by atoms with Gasteiger partial charge in [-0.1, -0.05) is 0 Å². The number of aromatic hydroxyl groups is 1. The maximum Gasteiger partial charge on any atom is 0.274 e. The van der Waals surface area contributed by atoms with Gasteiger partial charge in [0.05, 0.1) is 5.69 Å². The van der Waals surface area contributed by atoms with Gasteiger partial charge in [-0.3, -0.25) is 4.79 Å². The van der Waals surface area contributed by atoms with Gasteiger partial charge in [-0.05, 0) is 20.8 Å². The van der Waals surface area contributed by atoms with Crippen LogP contribution in [-0.4, -0.2) is 27.0 Å². The predicted molar refractivity (Wildman–Crippen MR) is 51.0 cm³/mol. The van der Waals surface area contributed by atoms with Crippen LogP contribution in [0.4, 0.5) is 0 Å². The first-order valence-electron chi connectivity index (χ1n) is 4.33. The van der Waals surface area contributed by atoms with Crippen molar-refractivity contribution in [2.24, 2.45) is 0 Å². The molecule has 0 bridgehead atoms. The number of aryl methyl sites for hydroxylation is 1. The summed E-state index contributed by atoms with van der Waals surface area (Å²) in [5, 5.41) is 12.1. The molecule has 0 saturated heterocycles. The SMILES string of the molecule is Cc1ncnc(C(=O)NC(C)C)c1O. The fourth-order valence-corrected chi connectivity index (χ4v) is 0.964. The van der Waals surface area contributed by atoms with Crippen LogP contribution in [0.1, 0.15) is 30.0 Å². The molecule has 1 heterocycles. The van der Waals surface area contributed by atoms with Crippen molar-refractivity contribution in [2.75, 3.05) is 0 Å². The summed E-state index contributed by atoms with van der Waals surface area (Å²) in [4.78, 5) is 18.9. The molecule has 0 aliphatic carbocycles. The molecule has 1 rings (SSSR count). The van der Waals surface area contributed by atoms with Gasteiger partial charge >= 0.3 is 0 Å². The van der Waals surface area contributed by atoms with Gasteiger partial charge in [0.1, 0.15) is 6.33 Å². The van der Waals surface area contributed by atoms with E-state index in [1.54, 1.807) is 6.92 Å². The van der Waals surface area contributed by atoms with Crippen molar-refractivity contribution in [2.45, 2.75) is 26.8 Å². The number of hydrogen-bond acceptors (Lipinski definition) is 4. The molecule has 1 amide bonds. The maximum absolute atomic E-state index is 11.5. The lowest BCUT2D eigenvalue weighted by molar-refractivity contribution is 0.0934. The molecular formula is C9H13N3O2. The lowest BCUT2D eigenvalue weighted by Crippen LogP contribution is -2.30. The Hall–Kier alpha value is -1.65. The highest BCUT2D eigenvalue weighted by Crippen LogP contribution is 2.16. The fourth-order valence-electron chi connectivity index (χ4n) is 0.964. The van der Waals surface area contributed by atoms with E-state index >= 15 is 0 Å². The molecule has 0 saturated carbocycles. The Labute approximate surface area is 82.2 Å². The second-order valence-electron chi connectivity index (χ2n) is 3.28. The van der Waals surface area contributed by atoms with Crippen molar-refractivity contribution in [3.05, 3.63) is 17.7 Å². The quantitative estimate of drug-likeness (QED) is 0.725. The first-order chi connectivity index (χ1) is 6.52. The van der Waals surface area contributed by atoms with Crippen molar-refractivity contribution in [1.82, 2.24) is 15.3 Å². The number of nitrogens with zero attached hydrogens (tertiary/aromatic N) is 2. The highest BCUT2D eigenvalue weighted by Gasteiger charge is 2.15. The van der Waals surface area contributed by atoms with Crippen LogP contribution in [0.15, 0.2) is 6.33 Å². The third kappa shape index (κ3) is 2.18. The molecule has 0 radical (unpaired) electrons. The molecule has 1 aromatic rings. The molecule has 76 valence electrons. The summed E-state index contributed by atoms with van der Waals surface area (Å²) in [5.74, 6) is -0.548. The molecule has 5 heteroatoms. The van der Waals surface area contributed by atoms with E-state index in [-0.39, 0.29) is 23.4 Å². The van der Waals surface area contributed by atoms with Crippen LogP contribution in [-0.2, 0) is 0 Å². The topological polar surface area (TPSA) is 75.1 Å². The van der Waals surface area contributed by atoms with Crippen LogP contribution in [0.3, 0.4) is 0 Å². The van der Waals surface area contributed by atoms with Crippen LogP contribution < -0.4 is 5.32 Å². The van der Waals surface area contributed by atoms with Crippen LogP contribution in [0.5, 0.6) is 5.75 Å². The third-order valence-electron chi connectivity index (χ3n) is 1.64. The smallest absolute Gasteiger partial charge is 0.274 e. The van der Waals surface area contributed by atoms with E-state index in [2.05, 4.69) is 15.3 Å². The third-order valence-corrected chi connectivity index (χ3v) is 1.64. The van der Waals surface area contributed by atoms with Crippen LogP contribution in [0, 0.1) is 6.92 Å². The summed E-state index contributed by atoms with van der Waals surface area (Å²) in [6, 6.07) is 0.0113. The monoisotopic (exact) mass is 195 g/mol. The molecular weight excluding hydrogens is 182 g/mol. The zero-order valence-corrected chi connectivity index (χ0v) is 8.40. The van der Waals surface area contributed by atoms with Crippen LogP contribution in [0.2, 0.25) is 0 Å². The second-order valence-corrected chi connectivity index (χ2v) is 3.28. The highest BCUT2D eigenvalue weighted by atomic mass is 16.3. The standard InChI is InChI=1S/C9H13N3O2/c1-5(2)12-9(14)7-8(13)6(3)10-4-11-7/h4-5,13H,1-3H3,(H,12,14). The number of nitrogens with one attached hydrogen (secondary N) is 1. The molecule has 0 aliphatic heterocycles. The van der Waals surface area contributed by atoms with E-state index in [9.17, 15) is 9.90 Å². The Bertz CT molecular complexity index is 350. The van der Waals surface area contributed by atoms with E-state index in [1.807, 2.05) is 13.8 Å². The molecule has 2 N–H and O–H groups in total. The lowest BCUT2D eigenvalue weighted by Gasteiger charge is -2.08. The average molecular weight is 195 g/mol. The lowest BCUT2D eigenvalue weighted by atomic mass is 10.2. The molecule has 1 aromatic heterocycles. The van der Waals surface area contributed by atoms with Gasteiger partial charge in [-0.15, -0.1) is 0 Å². The first-order valence-corrected chi connectivity index (χ1v) is 4.33. The largest absolute Gasteiger partial charge is 0.504 e. The Morgan fingerprint density at radius 1 is 1.50 bits per heavy atom. The van der Waals surface area contributed by atoms with Gasteiger partial charge in [0, 0.05) is 6.04 Å². The van der Waals surface area contributed by atoms with Gasteiger partial charge in [0.2, 0.25) is 0 Å². The minimum Gasteiger partial charge on any atom is -0.504 e. The van der Waals surface area contributed by atoms with Gasteiger partial charge in [0.25, 0.3) is 5.91 Å². The van der Waals surface area contributed by atoms with Gasteiger partial charge < -0.3 is 10.4 Å². The number of rotatable bonds is 2. The first kappa shape index (κ1) is 10.4. The molecule has 0 unspecified atom stereocenters. The summed E-state index contributed by atoms with van der Waals surface area (Å²) in [5.41, 5.74) is 0.417. The van der Waals surface area contributed by atoms with E-state index in [0.717, 1.165) is 0 Å². The van der Waals surface area contributed by atoms with Crippen LogP contribution in [0.25, 0.3) is 0 Å². The minimum absolute atomic E-state index is 0.0113. The number of aromatic nitrogens is 2. The summed E-state index contributed by atoms with van der Waals surface area (Å²) in [6.07, 6.45) is 1.25. The normalized spacial score (nSPS) is 10.3. The van der Waals surface area contributed by atoms with Gasteiger partial charge in [-0.25, -0.2) is 9.97 Å². The Morgan fingerprint density at radius 3 is 2.71 bits per heavy atom. The fraction of sp³-hybridized carbons (Fsp3) is 0.444. The molecule has 0 fully saturated rings. The molecule has 0 aromatic carbocycles. The van der Waals surface area contributed by atoms with Gasteiger partial charge in [-0.2, -0.15) is 0 Å². The van der Waals surface area contributed by atoms with E-state index in [1.165, 1.54) is 6.33 Å². The molecule has 0 spiro atoms. The predicted octanol–water partition coefficient (Wildman–Crippen LogP) is 0.629. The van der Waals surface area contributed by atoms with Crippen molar-refractivity contribution in [1.29, 1.82) is 0 Å². The van der Waals surface area contributed by atoms with Crippen molar-refractivity contribution in [3.63, 3.8) is 0 Å². The van der Waals surface area contributed by atoms with E-state index in [4.69, 9.17) is 0 Å². The zero-order valence-electron chi connectivity index (χ0n) is 8.40. The Balaban J connectivity index is 2.96. The van der Waals surface area contributed by atoms with Crippen molar-refractivity contribution < 1.29 is 9.90 Å². The van der Waals surface area contributed by atoms with Gasteiger partial charge in [0.15, 0.2) is 11.4 Å². The van der Waals surface area contributed by atoms with Crippen molar-refractivity contribution >= 4 is 5.91 Å². The average Bonchev–Trinajstić information content (AvgIpc) is 2.08. The minimum atomic E-state index is -0.386. The number of amides is 1. The summed E-state index contributed by atoms with van der Waals surface area (Å²) >= 11 is 0. The number of carbonyl (C=O) groups is 1.